The van der Waals surface area contributed by atoms with Gasteiger partial charge >= 0.3 is 5.97 Å². The lowest BCUT2D eigenvalue weighted by Gasteiger charge is -2.20. The number of hydrogen-bond acceptors (Lipinski definition) is 3. The number of carbonyl (C=O) groups is 1. The zero-order valence-corrected chi connectivity index (χ0v) is 6.70. The third-order valence-electron chi connectivity index (χ3n) is 2.99. The second kappa shape index (κ2) is 1.78. The topological polar surface area (TPSA) is 46.5 Å². The predicted molar refractivity (Wildman–Crippen MR) is 37.8 cm³/mol. The summed E-state index contributed by atoms with van der Waals surface area (Å²) in [7, 11) is 0. The van der Waals surface area contributed by atoms with Crippen LogP contribution >= 0.6 is 0 Å². The maximum Gasteiger partial charge on any atom is 0.310 e. The Balaban J connectivity index is 2.35. The number of hydrogen-bond donors (Lipinski definition) is 1. The fourth-order valence-corrected chi connectivity index (χ4v) is 2.20. The highest BCUT2D eigenvalue weighted by atomic mass is 16.6. The molecule has 3 heteroatoms. The number of ether oxygens (including phenoxy) is 1. The molecule has 0 amide bonds. The van der Waals surface area contributed by atoms with Gasteiger partial charge in [0.2, 0.25) is 0 Å². The standard InChI is InChI=1S/C8H12O3/c1-8(2)4-3-5(9)6(8)11-7(4)10/h4-6,9H,3H2,1-2H3/t4-,5-,6+/m1/s1. The van der Waals surface area contributed by atoms with Gasteiger partial charge in [-0.3, -0.25) is 4.79 Å². The SMILES string of the molecule is CC1(C)[C@@H]2C[C@@H](O)[C@@H]1OC2=O. The molecule has 0 aromatic heterocycles. The number of aliphatic hydroxyl groups is 1. The largest absolute Gasteiger partial charge is 0.459 e. The van der Waals surface area contributed by atoms with E-state index in [0.717, 1.165) is 0 Å². The van der Waals surface area contributed by atoms with Crippen molar-refractivity contribution in [3.63, 3.8) is 0 Å². The molecule has 1 aliphatic heterocycles. The number of carbonyl (C=O) groups excluding carboxylic acids is 1. The first-order valence-electron chi connectivity index (χ1n) is 3.92. The van der Waals surface area contributed by atoms with E-state index in [1.54, 1.807) is 0 Å². The molecule has 1 saturated heterocycles. The van der Waals surface area contributed by atoms with Crippen LogP contribution in [0, 0.1) is 11.3 Å². The first kappa shape index (κ1) is 7.10. The average molecular weight is 156 g/mol. The third kappa shape index (κ3) is 0.692. The van der Waals surface area contributed by atoms with E-state index in [0.29, 0.717) is 6.42 Å². The van der Waals surface area contributed by atoms with Gasteiger partial charge in [-0.05, 0) is 6.42 Å². The highest BCUT2D eigenvalue weighted by Gasteiger charge is 2.60. The van der Waals surface area contributed by atoms with E-state index in [-0.39, 0.29) is 23.4 Å². The van der Waals surface area contributed by atoms with E-state index in [9.17, 15) is 9.90 Å². The molecule has 62 valence electrons. The minimum Gasteiger partial charge on any atom is -0.459 e. The molecular formula is C8H12O3. The molecule has 1 heterocycles. The molecule has 1 N–H and O–H groups in total. The van der Waals surface area contributed by atoms with Crippen molar-refractivity contribution >= 4 is 5.97 Å². The van der Waals surface area contributed by atoms with Gasteiger partial charge in [-0.2, -0.15) is 0 Å². The molecule has 1 saturated carbocycles. The van der Waals surface area contributed by atoms with Gasteiger partial charge in [0, 0.05) is 5.41 Å². The number of esters is 1. The van der Waals surface area contributed by atoms with Crippen molar-refractivity contribution in [2.24, 2.45) is 11.3 Å². The van der Waals surface area contributed by atoms with Gasteiger partial charge in [0.05, 0.1) is 12.0 Å². The molecule has 0 aromatic rings. The Morgan fingerprint density at radius 3 is 2.55 bits per heavy atom. The highest BCUT2D eigenvalue weighted by Crippen LogP contribution is 2.50. The normalized spacial score (nSPS) is 46.1. The van der Waals surface area contributed by atoms with Gasteiger partial charge in [0.15, 0.2) is 0 Å². The zero-order valence-electron chi connectivity index (χ0n) is 6.70. The van der Waals surface area contributed by atoms with Crippen molar-refractivity contribution in [1.82, 2.24) is 0 Å². The van der Waals surface area contributed by atoms with Gasteiger partial charge in [0.1, 0.15) is 6.10 Å². The number of rotatable bonds is 0. The van der Waals surface area contributed by atoms with Crippen molar-refractivity contribution in [3.8, 4) is 0 Å². The molecular weight excluding hydrogens is 144 g/mol. The highest BCUT2D eigenvalue weighted by molar-refractivity contribution is 5.77. The minimum atomic E-state index is -0.437. The van der Waals surface area contributed by atoms with Gasteiger partial charge in [0.25, 0.3) is 0 Å². The van der Waals surface area contributed by atoms with Crippen LogP contribution in [0.4, 0.5) is 0 Å². The Kier molecular flexibility index (Phi) is 1.15. The Hall–Kier alpha value is -0.570. The molecule has 2 rings (SSSR count). The van der Waals surface area contributed by atoms with Crippen molar-refractivity contribution in [2.75, 3.05) is 0 Å². The Morgan fingerprint density at radius 2 is 2.27 bits per heavy atom. The predicted octanol–water partition coefficient (Wildman–Crippen LogP) is 0.319. The molecule has 3 atom stereocenters. The Bertz CT molecular complexity index is 209. The lowest BCUT2D eigenvalue weighted by molar-refractivity contribution is -0.154. The summed E-state index contributed by atoms with van der Waals surface area (Å²) in [6.07, 6.45) is -0.121. The van der Waals surface area contributed by atoms with Crippen LogP contribution in [-0.2, 0) is 9.53 Å². The van der Waals surface area contributed by atoms with Crippen LogP contribution in [0.15, 0.2) is 0 Å². The molecule has 0 aromatic carbocycles. The fraction of sp³-hybridized carbons (Fsp3) is 0.875. The van der Waals surface area contributed by atoms with Gasteiger partial charge in [-0.25, -0.2) is 0 Å². The van der Waals surface area contributed by atoms with Crippen molar-refractivity contribution in [3.05, 3.63) is 0 Å². The summed E-state index contributed by atoms with van der Waals surface area (Å²) < 4.78 is 5.00. The summed E-state index contributed by atoms with van der Waals surface area (Å²) >= 11 is 0. The summed E-state index contributed by atoms with van der Waals surface area (Å²) in [6.45, 7) is 3.95. The van der Waals surface area contributed by atoms with E-state index >= 15 is 0 Å². The number of aliphatic hydroxyl groups excluding tert-OH is 1. The maximum absolute atomic E-state index is 11.1. The molecule has 0 spiro atoms. The Labute approximate surface area is 65.4 Å². The van der Waals surface area contributed by atoms with Crippen molar-refractivity contribution in [1.29, 1.82) is 0 Å². The summed E-state index contributed by atoms with van der Waals surface area (Å²) in [5.74, 6) is -0.215. The monoisotopic (exact) mass is 156 g/mol. The van der Waals surface area contributed by atoms with Gasteiger partial charge < -0.3 is 9.84 Å². The van der Waals surface area contributed by atoms with Crippen molar-refractivity contribution < 1.29 is 14.6 Å². The van der Waals surface area contributed by atoms with Crippen LogP contribution in [-0.4, -0.2) is 23.3 Å². The van der Waals surface area contributed by atoms with Gasteiger partial charge in [-0.15, -0.1) is 0 Å². The lowest BCUT2D eigenvalue weighted by Crippen LogP contribution is -2.31. The fourth-order valence-electron chi connectivity index (χ4n) is 2.20. The molecule has 3 nitrogen and oxygen atoms in total. The van der Waals surface area contributed by atoms with Crippen LogP contribution in [0.2, 0.25) is 0 Å². The molecule has 0 radical (unpaired) electrons. The van der Waals surface area contributed by atoms with Crippen LogP contribution in [0.1, 0.15) is 20.3 Å². The summed E-state index contributed by atoms with van der Waals surface area (Å²) in [5.41, 5.74) is -0.156. The number of fused-ring (bicyclic) bond motifs is 2. The molecule has 11 heavy (non-hydrogen) atoms. The van der Waals surface area contributed by atoms with E-state index in [1.807, 2.05) is 13.8 Å². The van der Waals surface area contributed by atoms with E-state index in [4.69, 9.17) is 4.74 Å². The van der Waals surface area contributed by atoms with Crippen LogP contribution < -0.4 is 0 Å². The second-order valence-electron chi connectivity index (χ2n) is 4.03. The van der Waals surface area contributed by atoms with Crippen LogP contribution in [0.3, 0.4) is 0 Å². The lowest BCUT2D eigenvalue weighted by atomic mass is 9.83. The van der Waals surface area contributed by atoms with E-state index < -0.39 is 6.10 Å². The Morgan fingerprint density at radius 1 is 1.64 bits per heavy atom. The first-order valence-corrected chi connectivity index (χ1v) is 3.92. The minimum absolute atomic E-state index is 0.0810. The quantitative estimate of drug-likeness (QED) is 0.514. The molecule has 2 aliphatic rings. The summed E-state index contributed by atoms with van der Waals surface area (Å²) in [4.78, 5) is 11.1. The second-order valence-corrected chi connectivity index (χ2v) is 4.03. The van der Waals surface area contributed by atoms with Crippen LogP contribution in [0.25, 0.3) is 0 Å². The summed E-state index contributed by atoms with van der Waals surface area (Å²) in [6, 6.07) is 0. The smallest absolute Gasteiger partial charge is 0.310 e. The average Bonchev–Trinajstić information content (AvgIpc) is 2.21. The summed E-state index contributed by atoms with van der Waals surface area (Å²) in [5, 5.41) is 9.40. The molecule has 0 unspecified atom stereocenters. The maximum atomic E-state index is 11.1. The van der Waals surface area contributed by atoms with Crippen LogP contribution in [0.5, 0.6) is 0 Å². The zero-order chi connectivity index (χ0) is 8.22. The van der Waals surface area contributed by atoms with E-state index in [2.05, 4.69) is 0 Å². The van der Waals surface area contributed by atoms with Crippen molar-refractivity contribution in [2.45, 2.75) is 32.5 Å². The third-order valence-corrected chi connectivity index (χ3v) is 2.99. The molecule has 1 aliphatic carbocycles. The van der Waals surface area contributed by atoms with E-state index in [1.165, 1.54) is 0 Å². The molecule has 2 fully saturated rings. The molecule has 2 bridgehead atoms. The van der Waals surface area contributed by atoms with Gasteiger partial charge in [-0.1, -0.05) is 13.8 Å². The first-order chi connectivity index (χ1) is 5.03.